The van der Waals surface area contributed by atoms with E-state index in [1.165, 1.54) is 12.0 Å². The first-order valence-corrected chi connectivity index (χ1v) is 10.1. The highest BCUT2D eigenvalue weighted by Crippen LogP contribution is 2.17. The molecule has 2 aliphatic heterocycles. The Morgan fingerprint density at radius 3 is 2.59 bits per heavy atom. The van der Waals surface area contributed by atoms with E-state index < -0.39 is 0 Å². The van der Waals surface area contributed by atoms with Crippen LogP contribution in [0.25, 0.3) is 6.08 Å². The summed E-state index contributed by atoms with van der Waals surface area (Å²) in [4.78, 5) is 31.1. The normalized spacial score (nSPS) is 21.6. The quantitative estimate of drug-likeness (QED) is 0.766. The lowest BCUT2D eigenvalue weighted by Gasteiger charge is -2.37. The van der Waals surface area contributed by atoms with Gasteiger partial charge >= 0.3 is 0 Å². The Kier molecular flexibility index (Phi) is 6.67. The summed E-state index contributed by atoms with van der Waals surface area (Å²) < 4.78 is 0. The standard InChI is InChI=1S/C22H31N3O2/c1-18-6-5-8-20(16-18)9-10-21(26)24-14-12-23(13-15-24)17-22(27)25-11-4-3-7-19(25)2/h5-6,8-10,16,19H,3-4,7,11-15,17H2,1-2H3/b10-9-/t19-/m1/s1. The van der Waals surface area contributed by atoms with E-state index in [9.17, 15) is 9.59 Å². The molecule has 5 nitrogen and oxygen atoms in total. The van der Waals surface area contributed by atoms with Gasteiger partial charge in [0.15, 0.2) is 0 Å². The highest BCUT2D eigenvalue weighted by molar-refractivity contribution is 5.91. The second-order valence-corrected chi connectivity index (χ2v) is 7.78. The molecule has 1 atom stereocenters. The number of hydrogen-bond acceptors (Lipinski definition) is 3. The van der Waals surface area contributed by atoms with Crippen LogP contribution in [0.5, 0.6) is 0 Å². The minimum Gasteiger partial charge on any atom is -0.339 e. The van der Waals surface area contributed by atoms with Crippen molar-refractivity contribution in [2.45, 2.75) is 39.2 Å². The zero-order valence-corrected chi connectivity index (χ0v) is 16.6. The Balaban J connectivity index is 1.45. The van der Waals surface area contributed by atoms with E-state index in [0.29, 0.717) is 25.7 Å². The molecular weight excluding hydrogens is 338 g/mol. The maximum absolute atomic E-state index is 12.6. The molecule has 0 aromatic heterocycles. The molecule has 0 aliphatic carbocycles. The maximum atomic E-state index is 12.6. The number of nitrogens with zero attached hydrogens (tertiary/aromatic N) is 3. The van der Waals surface area contributed by atoms with E-state index in [1.807, 2.05) is 41.0 Å². The van der Waals surface area contributed by atoms with Crippen molar-refractivity contribution < 1.29 is 9.59 Å². The maximum Gasteiger partial charge on any atom is 0.246 e. The summed E-state index contributed by atoms with van der Waals surface area (Å²) >= 11 is 0. The van der Waals surface area contributed by atoms with Crippen molar-refractivity contribution >= 4 is 17.9 Å². The molecule has 1 aromatic carbocycles. The Bertz CT molecular complexity index is 693. The molecule has 0 radical (unpaired) electrons. The van der Waals surface area contributed by atoms with Gasteiger partial charge in [-0.1, -0.05) is 29.8 Å². The van der Waals surface area contributed by atoms with Crippen LogP contribution in [0.15, 0.2) is 30.3 Å². The highest BCUT2D eigenvalue weighted by atomic mass is 16.2. The van der Waals surface area contributed by atoms with Gasteiger partial charge in [0.05, 0.1) is 6.54 Å². The van der Waals surface area contributed by atoms with Crippen LogP contribution in [-0.4, -0.2) is 71.8 Å². The predicted molar refractivity (Wildman–Crippen MR) is 108 cm³/mol. The molecule has 2 saturated heterocycles. The molecule has 0 saturated carbocycles. The van der Waals surface area contributed by atoms with Crippen LogP contribution in [-0.2, 0) is 9.59 Å². The first-order valence-electron chi connectivity index (χ1n) is 10.1. The Morgan fingerprint density at radius 1 is 1.11 bits per heavy atom. The molecule has 1 aromatic rings. The molecule has 0 spiro atoms. The lowest BCUT2D eigenvalue weighted by molar-refractivity contribution is -0.136. The van der Waals surface area contributed by atoms with E-state index in [-0.39, 0.29) is 11.8 Å². The summed E-state index contributed by atoms with van der Waals surface area (Å²) in [5, 5.41) is 0. The van der Waals surface area contributed by atoms with E-state index >= 15 is 0 Å². The molecule has 27 heavy (non-hydrogen) atoms. The number of hydrogen-bond donors (Lipinski definition) is 0. The third-order valence-corrected chi connectivity index (χ3v) is 5.63. The van der Waals surface area contributed by atoms with E-state index in [0.717, 1.165) is 38.0 Å². The van der Waals surface area contributed by atoms with Crippen LogP contribution in [0.4, 0.5) is 0 Å². The molecule has 2 aliphatic rings. The molecular formula is C22H31N3O2. The van der Waals surface area contributed by atoms with Gasteiger partial charge in [-0.15, -0.1) is 0 Å². The second-order valence-electron chi connectivity index (χ2n) is 7.78. The number of amides is 2. The van der Waals surface area contributed by atoms with E-state index in [1.54, 1.807) is 6.08 Å². The van der Waals surface area contributed by atoms with Crippen LogP contribution in [0.2, 0.25) is 0 Å². The highest BCUT2D eigenvalue weighted by Gasteiger charge is 2.26. The number of benzene rings is 1. The molecule has 146 valence electrons. The molecule has 0 bridgehead atoms. The van der Waals surface area contributed by atoms with Crippen molar-refractivity contribution in [1.29, 1.82) is 0 Å². The molecule has 3 rings (SSSR count). The van der Waals surface area contributed by atoms with Crippen molar-refractivity contribution in [3.8, 4) is 0 Å². The number of likely N-dealkylation sites (tertiary alicyclic amines) is 1. The summed E-state index contributed by atoms with van der Waals surface area (Å²) in [6, 6.07) is 8.47. The third kappa shape index (κ3) is 5.42. The third-order valence-electron chi connectivity index (χ3n) is 5.63. The van der Waals surface area contributed by atoms with Gasteiger partial charge in [-0.2, -0.15) is 0 Å². The van der Waals surface area contributed by atoms with Gasteiger partial charge in [0, 0.05) is 44.8 Å². The molecule has 0 N–H and O–H groups in total. The van der Waals surface area contributed by atoms with E-state index in [2.05, 4.69) is 17.9 Å². The minimum absolute atomic E-state index is 0.0483. The van der Waals surface area contributed by atoms with Crippen LogP contribution in [0.3, 0.4) is 0 Å². The number of rotatable bonds is 4. The average molecular weight is 370 g/mol. The van der Waals surface area contributed by atoms with Gasteiger partial charge in [0.2, 0.25) is 11.8 Å². The number of piperidine rings is 1. The van der Waals surface area contributed by atoms with E-state index in [4.69, 9.17) is 0 Å². The first-order chi connectivity index (χ1) is 13.0. The largest absolute Gasteiger partial charge is 0.339 e. The minimum atomic E-state index is 0.0483. The summed E-state index contributed by atoms with van der Waals surface area (Å²) in [5.41, 5.74) is 2.23. The summed E-state index contributed by atoms with van der Waals surface area (Å²) in [6.07, 6.45) is 6.99. The van der Waals surface area contributed by atoms with Crippen molar-refractivity contribution in [2.75, 3.05) is 39.3 Å². The predicted octanol–water partition coefficient (Wildman–Crippen LogP) is 2.55. The molecule has 0 unspecified atom stereocenters. The van der Waals surface area contributed by atoms with Gasteiger partial charge in [-0.3, -0.25) is 14.5 Å². The summed E-state index contributed by atoms with van der Waals surface area (Å²) in [5.74, 6) is 0.286. The van der Waals surface area contributed by atoms with Crippen LogP contribution in [0, 0.1) is 6.92 Å². The van der Waals surface area contributed by atoms with Crippen molar-refractivity contribution in [3.63, 3.8) is 0 Å². The fraction of sp³-hybridized carbons (Fsp3) is 0.545. The smallest absolute Gasteiger partial charge is 0.246 e. The van der Waals surface area contributed by atoms with Crippen molar-refractivity contribution in [2.24, 2.45) is 0 Å². The Labute approximate surface area is 162 Å². The first kappa shape index (κ1) is 19.6. The molecule has 2 heterocycles. The van der Waals surface area contributed by atoms with Crippen molar-refractivity contribution in [1.82, 2.24) is 14.7 Å². The number of piperazine rings is 1. The van der Waals surface area contributed by atoms with Crippen LogP contribution in [0.1, 0.15) is 37.3 Å². The van der Waals surface area contributed by atoms with Gasteiger partial charge in [-0.05, 0) is 44.7 Å². The monoisotopic (exact) mass is 369 g/mol. The van der Waals surface area contributed by atoms with Crippen molar-refractivity contribution in [3.05, 3.63) is 41.5 Å². The Morgan fingerprint density at radius 2 is 1.89 bits per heavy atom. The molecule has 5 heteroatoms. The van der Waals surface area contributed by atoms with Crippen LogP contribution < -0.4 is 0 Å². The summed E-state index contributed by atoms with van der Waals surface area (Å²) in [7, 11) is 0. The average Bonchev–Trinajstić information content (AvgIpc) is 2.67. The van der Waals surface area contributed by atoms with Gasteiger partial charge < -0.3 is 9.80 Å². The second kappa shape index (κ2) is 9.18. The number of carbonyl (C=O) groups is 2. The fourth-order valence-electron chi connectivity index (χ4n) is 3.92. The zero-order chi connectivity index (χ0) is 19.2. The zero-order valence-electron chi connectivity index (χ0n) is 16.6. The number of aryl methyl sites for hydroxylation is 1. The summed E-state index contributed by atoms with van der Waals surface area (Å²) in [6.45, 7) is 8.45. The topological polar surface area (TPSA) is 43.9 Å². The Hall–Kier alpha value is -2.14. The SMILES string of the molecule is Cc1cccc(/C=C\C(=O)N2CCN(CC(=O)N3CCCC[C@H]3C)CC2)c1. The molecule has 2 fully saturated rings. The van der Waals surface area contributed by atoms with Gasteiger partial charge in [-0.25, -0.2) is 0 Å². The van der Waals surface area contributed by atoms with Crippen LogP contribution >= 0.6 is 0 Å². The lowest BCUT2D eigenvalue weighted by Crippen LogP contribution is -2.52. The molecule has 2 amide bonds. The van der Waals surface area contributed by atoms with Gasteiger partial charge in [0.25, 0.3) is 0 Å². The number of carbonyl (C=O) groups excluding carboxylic acids is 2. The van der Waals surface area contributed by atoms with Gasteiger partial charge in [0.1, 0.15) is 0 Å². The fourth-order valence-corrected chi connectivity index (χ4v) is 3.92. The lowest BCUT2D eigenvalue weighted by atomic mass is 10.0.